The molecule has 1 unspecified atom stereocenters. The minimum absolute atomic E-state index is 0.209. The van der Waals surface area contributed by atoms with Crippen molar-refractivity contribution >= 4 is 5.97 Å². The SMILES string of the molecule is CCCCCCCC/C=C/C(CCCCCCC(=O)O)N=O. The highest BCUT2D eigenvalue weighted by atomic mass is 16.4. The third kappa shape index (κ3) is 15.2. The van der Waals surface area contributed by atoms with E-state index < -0.39 is 5.97 Å². The second kappa shape index (κ2) is 16.2. The van der Waals surface area contributed by atoms with E-state index in [1.54, 1.807) is 0 Å². The first-order chi connectivity index (χ1) is 10.7. The van der Waals surface area contributed by atoms with E-state index >= 15 is 0 Å². The molecule has 0 bridgehead atoms. The Morgan fingerprint density at radius 1 is 1.00 bits per heavy atom. The molecular formula is C18H33NO3. The molecule has 0 rings (SSSR count). The summed E-state index contributed by atoms with van der Waals surface area (Å²) in [4.78, 5) is 21.1. The molecule has 0 aromatic carbocycles. The first kappa shape index (κ1) is 20.8. The van der Waals surface area contributed by atoms with Crippen molar-refractivity contribution in [1.29, 1.82) is 0 Å². The number of unbranched alkanes of at least 4 members (excludes halogenated alkanes) is 9. The largest absolute Gasteiger partial charge is 0.481 e. The summed E-state index contributed by atoms with van der Waals surface area (Å²) >= 11 is 0. The number of rotatable bonds is 16. The maximum absolute atomic E-state index is 10.8. The third-order valence-corrected chi connectivity index (χ3v) is 3.86. The molecule has 0 heterocycles. The Morgan fingerprint density at radius 2 is 1.64 bits per heavy atom. The second-order valence-corrected chi connectivity index (χ2v) is 6.00. The van der Waals surface area contributed by atoms with E-state index in [1.807, 2.05) is 6.08 Å². The van der Waals surface area contributed by atoms with E-state index in [2.05, 4.69) is 18.2 Å². The van der Waals surface area contributed by atoms with Gasteiger partial charge in [0.05, 0.1) is 0 Å². The Morgan fingerprint density at radius 3 is 2.32 bits per heavy atom. The van der Waals surface area contributed by atoms with Crippen LogP contribution in [0.1, 0.15) is 90.4 Å². The zero-order valence-electron chi connectivity index (χ0n) is 14.1. The molecule has 0 saturated carbocycles. The van der Waals surface area contributed by atoms with Crippen LogP contribution in [0.15, 0.2) is 17.3 Å². The topological polar surface area (TPSA) is 66.7 Å². The highest BCUT2D eigenvalue weighted by molar-refractivity contribution is 5.66. The number of nitrogens with zero attached hydrogens (tertiary/aromatic N) is 1. The Labute approximate surface area is 135 Å². The predicted molar refractivity (Wildman–Crippen MR) is 92.1 cm³/mol. The van der Waals surface area contributed by atoms with Crippen LogP contribution in [0.3, 0.4) is 0 Å². The average Bonchev–Trinajstić information content (AvgIpc) is 2.50. The summed E-state index contributed by atoms with van der Waals surface area (Å²) in [6.07, 6.45) is 17.4. The number of hydrogen-bond donors (Lipinski definition) is 1. The Hall–Kier alpha value is -1.19. The normalized spacial score (nSPS) is 12.6. The highest BCUT2D eigenvalue weighted by Gasteiger charge is 2.04. The van der Waals surface area contributed by atoms with Gasteiger partial charge in [0.25, 0.3) is 0 Å². The van der Waals surface area contributed by atoms with E-state index in [0.717, 1.165) is 38.5 Å². The van der Waals surface area contributed by atoms with Crippen LogP contribution < -0.4 is 0 Å². The van der Waals surface area contributed by atoms with Crippen molar-refractivity contribution in [2.45, 2.75) is 96.4 Å². The van der Waals surface area contributed by atoms with Gasteiger partial charge >= 0.3 is 5.97 Å². The van der Waals surface area contributed by atoms with Crippen LogP contribution in [0.5, 0.6) is 0 Å². The van der Waals surface area contributed by atoms with Gasteiger partial charge in [-0.25, -0.2) is 0 Å². The molecule has 0 aliphatic carbocycles. The van der Waals surface area contributed by atoms with Crippen LogP contribution in [0.4, 0.5) is 0 Å². The zero-order valence-corrected chi connectivity index (χ0v) is 14.1. The Balaban J connectivity index is 3.50. The first-order valence-electron chi connectivity index (χ1n) is 8.91. The lowest BCUT2D eigenvalue weighted by atomic mass is 10.1. The van der Waals surface area contributed by atoms with Crippen LogP contribution in [0.25, 0.3) is 0 Å². The highest BCUT2D eigenvalue weighted by Crippen LogP contribution is 2.12. The molecule has 1 atom stereocenters. The number of carboxylic acids is 1. The molecule has 0 aromatic heterocycles. The molecule has 0 radical (unpaired) electrons. The number of aliphatic carboxylic acids is 1. The smallest absolute Gasteiger partial charge is 0.303 e. The number of carbonyl (C=O) groups is 1. The summed E-state index contributed by atoms with van der Waals surface area (Å²) in [5.74, 6) is -0.731. The fraction of sp³-hybridized carbons (Fsp3) is 0.833. The maximum Gasteiger partial charge on any atom is 0.303 e. The minimum Gasteiger partial charge on any atom is -0.481 e. The third-order valence-electron chi connectivity index (χ3n) is 3.86. The standard InChI is InChI=1S/C18H33NO3/c1-2-3-4-5-6-7-8-11-14-17(19-22)15-12-9-10-13-16-18(20)21/h11,14,17H,2-10,12-13,15-16H2,1H3,(H,20,21)/b14-11+. The van der Waals surface area contributed by atoms with Crippen molar-refractivity contribution in [3.8, 4) is 0 Å². The van der Waals surface area contributed by atoms with Crippen molar-refractivity contribution in [3.63, 3.8) is 0 Å². The molecule has 0 aliphatic heterocycles. The van der Waals surface area contributed by atoms with Crippen molar-refractivity contribution in [2.24, 2.45) is 5.18 Å². The van der Waals surface area contributed by atoms with Gasteiger partial charge in [0.1, 0.15) is 6.04 Å². The minimum atomic E-state index is -0.731. The molecular weight excluding hydrogens is 278 g/mol. The second-order valence-electron chi connectivity index (χ2n) is 6.00. The lowest BCUT2D eigenvalue weighted by molar-refractivity contribution is -0.137. The van der Waals surface area contributed by atoms with E-state index in [1.165, 1.54) is 38.5 Å². The van der Waals surface area contributed by atoms with Crippen molar-refractivity contribution < 1.29 is 9.90 Å². The summed E-state index contributed by atoms with van der Waals surface area (Å²) in [5, 5.41) is 11.7. The van der Waals surface area contributed by atoms with Gasteiger partial charge in [-0.15, -0.1) is 0 Å². The summed E-state index contributed by atoms with van der Waals surface area (Å²) in [7, 11) is 0. The van der Waals surface area contributed by atoms with Gasteiger partial charge in [-0.05, 0) is 25.7 Å². The Kier molecular flexibility index (Phi) is 15.3. The summed E-state index contributed by atoms with van der Waals surface area (Å²) in [6, 6.07) is -0.209. The quantitative estimate of drug-likeness (QED) is 0.221. The van der Waals surface area contributed by atoms with Gasteiger partial charge in [0.2, 0.25) is 0 Å². The molecule has 0 aliphatic rings. The van der Waals surface area contributed by atoms with Crippen molar-refractivity contribution in [3.05, 3.63) is 17.1 Å². The van der Waals surface area contributed by atoms with Crippen LogP contribution in [0.2, 0.25) is 0 Å². The van der Waals surface area contributed by atoms with Gasteiger partial charge in [-0.2, -0.15) is 4.91 Å². The molecule has 0 spiro atoms. The van der Waals surface area contributed by atoms with Crippen molar-refractivity contribution in [2.75, 3.05) is 0 Å². The van der Waals surface area contributed by atoms with Crippen LogP contribution in [-0.4, -0.2) is 17.1 Å². The monoisotopic (exact) mass is 311 g/mol. The average molecular weight is 311 g/mol. The molecule has 22 heavy (non-hydrogen) atoms. The fourth-order valence-corrected chi connectivity index (χ4v) is 2.46. The molecule has 0 aromatic rings. The van der Waals surface area contributed by atoms with Crippen LogP contribution >= 0.6 is 0 Å². The first-order valence-corrected chi connectivity index (χ1v) is 8.91. The molecule has 4 nitrogen and oxygen atoms in total. The van der Waals surface area contributed by atoms with Crippen LogP contribution in [0, 0.1) is 4.91 Å². The predicted octanol–water partition coefficient (Wildman–Crippen LogP) is 5.85. The molecule has 128 valence electrons. The molecule has 4 heteroatoms. The van der Waals surface area contributed by atoms with Crippen molar-refractivity contribution in [1.82, 2.24) is 0 Å². The zero-order chi connectivity index (χ0) is 16.5. The number of hydrogen-bond acceptors (Lipinski definition) is 3. The number of allylic oxidation sites excluding steroid dienone is 1. The summed E-state index contributed by atoms with van der Waals surface area (Å²) in [6.45, 7) is 2.22. The molecule has 0 fully saturated rings. The summed E-state index contributed by atoms with van der Waals surface area (Å²) in [5.41, 5.74) is 0. The lowest BCUT2D eigenvalue weighted by Gasteiger charge is -2.04. The Bertz CT molecular complexity index is 303. The van der Waals surface area contributed by atoms with E-state index in [4.69, 9.17) is 5.11 Å². The van der Waals surface area contributed by atoms with Gasteiger partial charge in [-0.3, -0.25) is 4.79 Å². The molecule has 0 amide bonds. The van der Waals surface area contributed by atoms with Gasteiger partial charge < -0.3 is 5.11 Å². The van der Waals surface area contributed by atoms with Gasteiger partial charge in [-0.1, -0.05) is 75.6 Å². The van der Waals surface area contributed by atoms with Gasteiger partial charge in [0, 0.05) is 6.42 Å². The lowest BCUT2D eigenvalue weighted by Crippen LogP contribution is -1.99. The van der Waals surface area contributed by atoms with E-state index in [-0.39, 0.29) is 12.5 Å². The van der Waals surface area contributed by atoms with Gasteiger partial charge in [0.15, 0.2) is 0 Å². The van der Waals surface area contributed by atoms with Crippen LogP contribution in [-0.2, 0) is 4.79 Å². The number of nitroso groups, excluding NO2 is 1. The molecule has 1 N–H and O–H groups in total. The van der Waals surface area contributed by atoms with E-state index in [0.29, 0.717) is 0 Å². The summed E-state index contributed by atoms with van der Waals surface area (Å²) < 4.78 is 0. The molecule has 0 saturated heterocycles. The maximum atomic E-state index is 10.8. The fourth-order valence-electron chi connectivity index (χ4n) is 2.46. The number of carboxylic acid groups (broad SMARTS) is 1. The van der Waals surface area contributed by atoms with E-state index in [9.17, 15) is 9.70 Å².